The molecule has 0 aromatic rings. The summed E-state index contributed by atoms with van der Waals surface area (Å²) in [6.45, 7) is 6.51. The van der Waals surface area contributed by atoms with Crippen LogP contribution < -0.4 is 0 Å². The molecule has 0 aliphatic carbocycles. The van der Waals surface area contributed by atoms with Crippen molar-refractivity contribution in [1.29, 1.82) is 0 Å². The Bertz CT molecular complexity index is 748. The average molecular weight is 679 g/mol. The maximum absolute atomic E-state index is 12.5. The van der Waals surface area contributed by atoms with Crippen molar-refractivity contribution in [3.05, 3.63) is 12.2 Å². The number of hydrogen-bond acceptors (Lipinski definition) is 6. The molecule has 0 saturated carbocycles. The third-order valence-corrected chi connectivity index (χ3v) is 9.02. The van der Waals surface area contributed by atoms with Crippen LogP contribution in [0.15, 0.2) is 12.2 Å². The topological polar surface area (TPSA) is 78.9 Å². The molecule has 0 aromatic heterocycles. The van der Waals surface area contributed by atoms with Crippen molar-refractivity contribution in [3.8, 4) is 0 Å². The highest BCUT2D eigenvalue weighted by Crippen LogP contribution is 2.14. The van der Waals surface area contributed by atoms with E-state index < -0.39 is 6.10 Å². The van der Waals surface area contributed by atoms with Gasteiger partial charge in [-0.05, 0) is 44.9 Å². The molecule has 0 aromatic carbocycles. The number of esters is 3. The second-order valence-corrected chi connectivity index (χ2v) is 13.9. The Hall–Kier alpha value is -1.85. The zero-order chi connectivity index (χ0) is 35.2. The molecular weight excluding hydrogens is 600 g/mol. The van der Waals surface area contributed by atoms with Gasteiger partial charge in [0.2, 0.25) is 0 Å². The van der Waals surface area contributed by atoms with Crippen LogP contribution in [0, 0.1) is 0 Å². The third-order valence-electron chi connectivity index (χ3n) is 9.02. The summed E-state index contributed by atoms with van der Waals surface area (Å²) in [7, 11) is 0. The second-order valence-electron chi connectivity index (χ2n) is 13.9. The quantitative estimate of drug-likeness (QED) is 0.0282. The zero-order valence-corrected chi connectivity index (χ0v) is 32.0. The Morgan fingerprint density at radius 3 is 1.04 bits per heavy atom. The predicted octanol–water partition coefficient (Wildman–Crippen LogP) is 12.7. The first-order chi connectivity index (χ1) is 23.5. The van der Waals surface area contributed by atoms with Crippen molar-refractivity contribution in [3.63, 3.8) is 0 Å². The molecule has 6 heteroatoms. The first kappa shape index (κ1) is 46.1. The van der Waals surface area contributed by atoms with Crippen LogP contribution in [0.1, 0.15) is 220 Å². The summed E-state index contributed by atoms with van der Waals surface area (Å²) in [6, 6.07) is 0. The number of hydrogen-bond donors (Lipinski definition) is 0. The van der Waals surface area contributed by atoms with Crippen molar-refractivity contribution in [1.82, 2.24) is 0 Å². The van der Waals surface area contributed by atoms with Crippen molar-refractivity contribution in [2.24, 2.45) is 0 Å². The van der Waals surface area contributed by atoms with E-state index in [-0.39, 0.29) is 31.1 Å². The van der Waals surface area contributed by atoms with Crippen LogP contribution in [0.25, 0.3) is 0 Å². The molecule has 6 nitrogen and oxygen atoms in total. The summed E-state index contributed by atoms with van der Waals surface area (Å²) < 4.78 is 16.5. The maximum Gasteiger partial charge on any atom is 0.306 e. The van der Waals surface area contributed by atoms with Crippen LogP contribution >= 0.6 is 0 Å². The first-order valence-corrected chi connectivity index (χ1v) is 20.7. The second kappa shape index (κ2) is 38.0. The van der Waals surface area contributed by atoms with E-state index in [0.29, 0.717) is 19.3 Å². The lowest BCUT2D eigenvalue weighted by atomic mass is 10.1. The Morgan fingerprint density at radius 1 is 0.396 bits per heavy atom. The standard InChI is InChI=1S/C42H78O6/c1-4-7-10-13-15-17-18-19-20-21-22-23-24-25-27-29-32-35-41(44)47-38-39(37-46-40(43)34-31-28-12-9-6-3)48-42(45)36-33-30-26-16-14-11-8-5-2/h19-20,39H,4-18,21-38H2,1-3H3/b20-19-. The van der Waals surface area contributed by atoms with Crippen LogP contribution in [0.2, 0.25) is 0 Å². The number of ether oxygens (including phenoxy) is 3. The molecule has 1 atom stereocenters. The summed E-state index contributed by atoms with van der Waals surface area (Å²) in [5.74, 6) is -0.891. The smallest absolute Gasteiger partial charge is 0.306 e. The number of allylic oxidation sites excluding steroid dienone is 2. The molecule has 0 N–H and O–H groups in total. The van der Waals surface area contributed by atoms with E-state index in [2.05, 4.69) is 32.9 Å². The lowest BCUT2D eigenvalue weighted by molar-refractivity contribution is -0.167. The van der Waals surface area contributed by atoms with Gasteiger partial charge in [-0.1, -0.05) is 168 Å². The van der Waals surface area contributed by atoms with Gasteiger partial charge in [-0.3, -0.25) is 14.4 Å². The van der Waals surface area contributed by atoms with Crippen LogP contribution in [0.4, 0.5) is 0 Å². The monoisotopic (exact) mass is 679 g/mol. The molecule has 0 aliphatic heterocycles. The molecule has 0 aliphatic rings. The Labute approximate surface area is 297 Å². The Kier molecular flexibility index (Phi) is 36.5. The van der Waals surface area contributed by atoms with E-state index in [9.17, 15) is 14.4 Å². The minimum Gasteiger partial charge on any atom is -0.462 e. The summed E-state index contributed by atoms with van der Waals surface area (Å²) >= 11 is 0. The van der Waals surface area contributed by atoms with Crippen molar-refractivity contribution >= 4 is 17.9 Å². The van der Waals surface area contributed by atoms with E-state index in [4.69, 9.17) is 14.2 Å². The number of rotatable bonds is 37. The highest BCUT2D eigenvalue weighted by molar-refractivity contribution is 5.71. The lowest BCUT2D eigenvalue weighted by Gasteiger charge is -2.18. The van der Waals surface area contributed by atoms with E-state index in [1.54, 1.807) is 0 Å². The summed E-state index contributed by atoms with van der Waals surface area (Å²) in [6.07, 6.45) is 38.0. The number of carbonyl (C=O) groups excluding carboxylic acids is 3. The highest BCUT2D eigenvalue weighted by atomic mass is 16.6. The predicted molar refractivity (Wildman–Crippen MR) is 201 cm³/mol. The molecule has 0 fully saturated rings. The highest BCUT2D eigenvalue weighted by Gasteiger charge is 2.19. The van der Waals surface area contributed by atoms with Gasteiger partial charge in [0.05, 0.1) is 0 Å². The van der Waals surface area contributed by atoms with Crippen LogP contribution in [-0.2, 0) is 28.6 Å². The summed E-state index contributed by atoms with van der Waals surface area (Å²) in [4.78, 5) is 37.2. The van der Waals surface area contributed by atoms with Crippen molar-refractivity contribution < 1.29 is 28.6 Å². The SMILES string of the molecule is CCCCCCCC/C=C\CCCCCCCCCC(=O)OCC(COC(=O)CCCCCCC)OC(=O)CCCCCCCCCC. The van der Waals surface area contributed by atoms with E-state index in [1.165, 1.54) is 116 Å². The van der Waals surface area contributed by atoms with Crippen molar-refractivity contribution in [2.45, 2.75) is 226 Å². The molecule has 0 spiro atoms. The van der Waals surface area contributed by atoms with Gasteiger partial charge < -0.3 is 14.2 Å². The lowest BCUT2D eigenvalue weighted by Crippen LogP contribution is -2.30. The molecule has 0 saturated heterocycles. The van der Waals surface area contributed by atoms with Gasteiger partial charge in [-0.25, -0.2) is 0 Å². The molecule has 1 unspecified atom stereocenters. The van der Waals surface area contributed by atoms with Gasteiger partial charge in [0, 0.05) is 19.3 Å². The van der Waals surface area contributed by atoms with Gasteiger partial charge in [-0.15, -0.1) is 0 Å². The third kappa shape index (κ3) is 35.5. The molecule has 0 rings (SSSR count). The molecule has 0 heterocycles. The minimum absolute atomic E-state index is 0.0703. The Morgan fingerprint density at radius 2 is 0.688 bits per heavy atom. The van der Waals surface area contributed by atoms with Crippen LogP contribution in [0.5, 0.6) is 0 Å². The molecule has 48 heavy (non-hydrogen) atoms. The number of carbonyl (C=O) groups is 3. The minimum atomic E-state index is -0.759. The summed E-state index contributed by atoms with van der Waals surface area (Å²) in [5.41, 5.74) is 0. The van der Waals surface area contributed by atoms with Gasteiger partial charge in [0.15, 0.2) is 6.10 Å². The van der Waals surface area contributed by atoms with Gasteiger partial charge >= 0.3 is 17.9 Å². The fourth-order valence-corrected chi connectivity index (χ4v) is 5.85. The van der Waals surface area contributed by atoms with Crippen LogP contribution in [-0.4, -0.2) is 37.2 Å². The van der Waals surface area contributed by atoms with Gasteiger partial charge in [0.1, 0.15) is 13.2 Å². The fourth-order valence-electron chi connectivity index (χ4n) is 5.85. The Balaban J connectivity index is 4.15. The molecule has 0 bridgehead atoms. The number of unbranched alkanes of at least 4 members (excludes halogenated alkanes) is 24. The average Bonchev–Trinajstić information content (AvgIpc) is 3.08. The van der Waals surface area contributed by atoms with E-state index in [0.717, 1.165) is 64.2 Å². The maximum atomic E-state index is 12.5. The van der Waals surface area contributed by atoms with Crippen LogP contribution in [0.3, 0.4) is 0 Å². The van der Waals surface area contributed by atoms with Gasteiger partial charge in [-0.2, -0.15) is 0 Å². The largest absolute Gasteiger partial charge is 0.462 e. The molecule has 0 radical (unpaired) electrons. The van der Waals surface area contributed by atoms with E-state index >= 15 is 0 Å². The fraction of sp³-hybridized carbons (Fsp3) is 0.881. The van der Waals surface area contributed by atoms with E-state index in [1.807, 2.05) is 0 Å². The van der Waals surface area contributed by atoms with Gasteiger partial charge in [0.25, 0.3) is 0 Å². The molecule has 0 amide bonds. The normalized spacial score (nSPS) is 12.0. The molecular formula is C42H78O6. The zero-order valence-electron chi connectivity index (χ0n) is 32.0. The molecule has 282 valence electrons. The van der Waals surface area contributed by atoms with Crippen molar-refractivity contribution in [2.75, 3.05) is 13.2 Å². The summed E-state index contributed by atoms with van der Waals surface area (Å²) in [5, 5.41) is 0. The first-order valence-electron chi connectivity index (χ1n) is 20.7.